The molecule has 1 heterocycles. The van der Waals surface area contributed by atoms with Crippen LogP contribution < -0.4 is 0 Å². The predicted octanol–water partition coefficient (Wildman–Crippen LogP) is 2.54. The van der Waals surface area contributed by atoms with Crippen LogP contribution in [0.1, 0.15) is 11.4 Å². The Balaban J connectivity index is 2.55. The number of hydrogen-bond acceptors (Lipinski definition) is 2. The summed E-state index contributed by atoms with van der Waals surface area (Å²) < 4.78 is 1.73. The van der Waals surface area contributed by atoms with Crippen molar-refractivity contribution < 1.29 is 0 Å². The van der Waals surface area contributed by atoms with Gasteiger partial charge in [-0.15, -0.1) is 0 Å². The summed E-state index contributed by atoms with van der Waals surface area (Å²) in [6.45, 7) is 3.87. The summed E-state index contributed by atoms with van der Waals surface area (Å²) in [5.41, 5.74) is 2.09. The van der Waals surface area contributed by atoms with E-state index < -0.39 is 0 Å². The van der Waals surface area contributed by atoms with Crippen LogP contribution in [0.5, 0.6) is 0 Å². The Morgan fingerprint density at radius 1 is 1.29 bits per heavy atom. The Labute approximate surface area is 87.3 Å². The summed E-state index contributed by atoms with van der Waals surface area (Å²) in [7, 11) is 0. The lowest BCUT2D eigenvalue weighted by Crippen LogP contribution is -1.97. The second kappa shape index (κ2) is 3.42. The van der Waals surface area contributed by atoms with Gasteiger partial charge in [-0.05, 0) is 31.5 Å². The summed E-state index contributed by atoms with van der Waals surface area (Å²) >= 11 is 5.91. The zero-order chi connectivity index (χ0) is 10.1. The predicted molar refractivity (Wildman–Crippen MR) is 55.8 cm³/mol. The van der Waals surface area contributed by atoms with Gasteiger partial charge in [0.25, 0.3) is 0 Å². The fraction of sp³-hybridized carbons (Fsp3) is 0.200. The zero-order valence-corrected chi connectivity index (χ0v) is 8.78. The topological polar surface area (TPSA) is 30.7 Å². The smallest absolute Gasteiger partial charge is 0.147 e. The van der Waals surface area contributed by atoms with Crippen molar-refractivity contribution in [3.63, 3.8) is 0 Å². The number of aromatic nitrogens is 3. The third kappa shape index (κ3) is 1.63. The highest BCUT2D eigenvalue weighted by Crippen LogP contribution is 2.18. The van der Waals surface area contributed by atoms with E-state index in [1.165, 1.54) is 0 Å². The molecule has 72 valence electrons. The molecule has 0 aliphatic heterocycles. The molecule has 0 aliphatic carbocycles. The molecule has 0 saturated heterocycles. The van der Waals surface area contributed by atoms with E-state index in [1.807, 2.05) is 32.0 Å². The van der Waals surface area contributed by atoms with E-state index in [0.717, 1.165) is 17.1 Å². The lowest BCUT2D eigenvalue weighted by molar-refractivity contribution is 0.856. The SMILES string of the molecule is Cc1ncn(-c2cc(Cl)ccc2C)n1. The van der Waals surface area contributed by atoms with E-state index in [1.54, 1.807) is 11.0 Å². The van der Waals surface area contributed by atoms with Crippen LogP contribution in [0.25, 0.3) is 5.69 Å². The number of aryl methyl sites for hydroxylation is 2. The normalized spacial score (nSPS) is 10.5. The molecule has 1 aromatic heterocycles. The van der Waals surface area contributed by atoms with Crippen LogP contribution in [0.3, 0.4) is 0 Å². The van der Waals surface area contributed by atoms with E-state index in [4.69, 9.17) is 11.6 Å². The van der Waals surface area contributed by atoms with Gasteiger partial charge < -0.3 is 0 Å². The molecule has 0 spiro atoms. The maximum Gasteiger partial charge on any atom is 0.147 e. The molecule has 0 saturated carbocycles. The number of rotatable bonds is 1. The van der Waals surface area contributed by atoms with Crippen LogP contribution in [-0.2, 0) is 0 Å². The molecule has 14 heavy (non-hydrogen) atoms. The standard InChI is InChI=1S/C10H10ClN3/c1-7-3-4-9(11)5-10(7)14-6-12-8(2)13-14/h3-6H,1-2H3. The Kier molecular flexibility index (Phi) is 2.25. The second-order valence-electron chi connectivity index (χ2n) is 3.17. The van der Waals surface area contributed by atoms with Crippen LogP contribution in [-0.4, -0.2) is 14.8 Å². The largest absolute Gasteiger partial charge is 0.220 e. The highest BCUT2D eigenvalue weighted by molar-refractivity contribution is 6.30. The molecular formula is C10H10ClN3. The first-order valence-electron chi connectivity index (χ1n) is 4.31. The van der Waals surface area contributed by atoms with Crippen molar-refractivity contribution in [3.05, 3.63) is 40.9 Å². The molecule has 1 aromatic carbocycles. The third-order valence-electron chi connectivity index (χ3n) is 2.02. The van der Waals surface area contributed by atoms with Gasteiger partial charge in [0.05, 0.1) is 5.69 Å². The van der Waals surface area contributed by atoms with Crippen molar-refractivity contribution in [3.8, 4) is 5.69 Å². The summed E-state index contributed by atoms with van der Waals surface area (Å²) in [6.07, 6.45) is 1.69. The van der Waals surface area contributed by atoms with Crippen molar-refractivity contribution in [2.45, 2.75) is 13.8 Å². The Bertz CT molecular complexity index is 462. The summed E-state index contributed by atoms with van der Waals surface area (Å²) in [5.74, 6) is 0.754. The summed E-state index contributed by atoms with van der Waals surface area (Å²) in [6, 6.07) is 5.71. The first kappa shape index (κ1) is 9.21. The van der Waals surface area contributed by atoms with Gasteiger partial charge in [-0.1, -0.05) is 17.7 Å². The average Bonchev–Trinajstić information content (AvgIpc) is 2.56. The fourth-order valence-corrected chi connectivity index (χ4v) is 1.46. The van der Waals surface area contributed by atoms with Gasteiger partial charge >= 0.3 is 0 Å². The van der Waals surface area contributed by atoms with Crippen LogP contribution in [0.4, 0.5) is 0 Å². The molecule has 4 heteroatoms. The average molecular weight is 208 g/mol. The number of halogens is 1. The van der Waals surface area contributed by atoms with Gasteiger partial charge in [0.15, 0.2) is 0 Å². The summed E-state index contributed by atoms with van der Waals surface area (Å²) in [5, 5.41) is 4.94. The van der Waals surface area contributed by atoms with E-state index >= 15 is 0 Å². The minimum Gasteiger partial charge on any atom is -0.220 e. The second-order valence-corrected chi connectivity index (χ2v) is 3.60. The molecule has 0 unspecified atom stereocenters. The molecule has 0 fully saturated rings. The molecule has 0 radical (unpaired) electrons. The summed E-state index contributed by atoms with van der Waals surface area (Å²) in [4.78, 5) is 4.07. The molecule has 0 atom stereocenters. The van der Waals surface area contributed by atoms with Crippen molar-refractivity contribution >= 4 is 11.6 Å². The van der Waals surface area contributed by atoms with Crippen molar-refractivity contribution in [2.75, 3.05) is 0 Å². The van der Waals surface area contributed by atoms with Gasteiger partial charge in [-0.25, -0.2) is 9.67 Å². The monoisotopic (exact) mass is 207 g/mol. The molecular weight excluding hydrogens is 198 g/mol. The van der Waals surface area contributed by atoms with E-state index in [0.29, 0.717) is 5.02 Å². The lowest BCUT2D eigenvalue weighted by atomic mass is 10.2. The lowest BCUT2D eigenvalue weighted by Gasteiger charge is -2.04. The molecule has 2 rings (SSSR count). The first-order valence-corrected chi connectivity index (χ1v) is 4.69. The van der Waals surface area contributed by atoms with Gasteiger partial charge in [0, 0.05) is 5.02 Å². The number of nitrogens with zero attached hydrogens (tertiary/aromatic N) is 3. The van der Waals surface area contributed by atoms with Gasteiger partial charge in [-0.2, -0.15) is 5.10 Å². The fourth-order valence-electron chi connectivity index (χ4n) is 1.29. The van der Waals surface area contributed by atoms with Crippen LogP contribution in [0, 0.1) is 13.8 Å². The highest BCUT2D eigenvalue weighted by Gasteiger charge is 2.03. The Hall–Kier alpha value is -1.35. The molecule has 3 nitrogen and oxygen atoms in total. The highest BCUT2D eigenvalue weighted by atomic mass is 35.5. The maximum atomic E-state index is 5.91. The molecule has 2 aromatic rings. The van der Waals surface area contributed by atoms with Gasteiger partial charge in [-0.3, -0.25) is 0 Å². The Morgan fingerprint density at radius 2 is 2.07 bits per heavy atom. The van der Waals surface area contributed by atoms with Crippen molar-refractivity contribution in [1.82, 2.24) is 14.8 Å². The third-order valence-corrected chi connectivity index (χ3v) is 2.26. The quantitative estimate of drug-likeness (QED) is 0.720. The van der Waals surface area contributed by atoms with Crippen molar-refractivity contribution in [2.24, 2.45) is 0 Å². The minimum atomic E-state index is 0.707. The molecule has 0 aliphatic rings. The van der Waals surface area contributed by atoms with Crippen molar-refractivity contribution in [1.29, 1.82) is 0 Å². The van der Waals surface area contributed by atoms with Crippen LogP contribution in [0.2, 0.25) is 5.02 Å². The maximum absolute atomic E-state index is 5.91. The number of benzene rings is 1. The first-order chi connectivity index (χ1) is 6.66. The molecule has 0 bridgehead atoms. The van der Waals surface area contributed by atoms with Gasteiger partial charge in [0.2, 0.25) is 0 Å². The van der Waals surface area contributed by atoms with E-state index in [2.05, 4.69) is 10.1 Å². The van der Waals surface area contributed by atoms with Crippen LogP contribution >= 0.6 is 11.6 Å². The molecule has 0 N–H and O–H groups in total. The van der Waals surface area contributed by atoms with Gasteiger partial charge in [0.1, 0.15) is 12.2 Å². The molecule has 0 amide bonds. The minimum absolute atomic E-state index is 0.707. The number of hydrogen-bond donors (Lipinski definition) is 0. The Morgan fingerprint density at radius 3 is 2.71 bits per heavy atom. The zero-order valence-electron chi connectivity index (χ0n) is 8.03. The van der Waals surface area contributed by atoms with E-state index in [9.17, 15) is 0 Å². The van der Waals surface area contributed by atoms with Crippen LogP contribution in [0.15, 0.2) is 24.5 Å². The van der Waals surface area contributed by atoms with E-state index in [-0.39, 0.29) is 0 Å².